The van der Waals surface area contributed by atoms with Gasteiger partial charge in [0.05, 0.1) is 11.3 Å². The van der Waals surface area contributed by atoms with Gasteiger partial charge in [0.2, 0.25) is 0 Å². The lowest BCUT2D eigenvalue weighted by molar-refractivity contribution is 0.0951. The number of amides is 1. The van der Waals surface area contributed by atoms with Crippen molar-refractivity contribution in [3.63, 3.8) is 0 Å². The second kappa shape index (κ2) is 6.04. The topological polar surface area (TPSA) is 81.9 Å². The van der Waals surface area contributed by atoms with E-state index in [1.165, 1.54) is 30.3 Å². The van der Waals surface area contributed by atoms with E-state index in [2.05, 4.69) is 10.5 Å². The average molecular weight is 288 g/mol. The number of nitrogens with zero attached hydrogens (tertiary/aromatic N) is 1. The molecule has 0 aliphatic carbocycles. The minimum atomic E-state index is -0.689. The van der Waals surface area contributed by atoms with Crippen LogP contribution in [0.3, 0.4) is 0 Å². The summed E-state index contributed by atoms with van der Waals surface area (Å²) < 4.78 is 13.4. The second-order valence-electron chi connectivity index (χ2n) is 4.32. The van der Waals surface area contributed by atoms with E-state index in [0.29, 0.717) is 11.3 Å². The number of phenolic OH excluding ortho intramolecular Hbond substituents is 2. The minimum absolute atomic E-state index is 0.0838. The Labute approximate surface area is 120 Å². The van der Waals surface area contributed by atoms with Gasteiger partial charge in [0.15, 0.2) is 0 Å². The molecule has 0 aromatic heterocycles. The van der Waals surface area contributed by atoms with E-state index >= 15 is 0 Å². The number of nitrogens with one attached hydrogen (secondary N) is 1. The number of carbonyl (C=O) groups is 1. The van der Waals surface area contributed by atoms with Gasteiger partial charge in [-0.1, -0.05) is 12.1 Å². The van der Waals surface area contributed by atoms with Crippen LogP contribution in [0.15, 0.2) is 47.6 Å². The van der Waals surface area contributed by atoms with E-state index < -0.39 is 11.7 Å². The summed E-state index contributed by atoms with van der Waals surface area (Å²) in [5.74, 6) is -1.59. The molecule has 0 heterocycles. The summed E-state index contributed by atoms with van der Waals surface area (Å²) >= 11 is 0. The molecule has 0 atom stereocenters. The van der Waals surface area contributed by atoms with Gasteiger partial charge in [0.25, 0.3) is 5.91 Å². The highest BCUT2D eigenvalue weighted by molar-refractivity contribution is 6.02. The third-order valence-corrected chi connectivity index (χ3v) is 2.81. The fraction of sp³-hybridized carbons (Fsp3) is 0.0667. The average Bonchev–Trinajstić information content (AvgIpc) is 2.45. The smallest absolute Gasteiger partial charge is 0.274 e. The molecule has 1 amide bonds. The van der Waals surface area contributed by atoms with Crippen LogP contribution in [0.5, 0.6) is 11.5 Å². The molecule has 0 fully saturated rings. The van der Waals surface area contributed by atoms with Gasteiger partial charge in [0, 0.05) is 11.6 Å². The summed E-state index contributed by atoms with van der Waals surface area (Å²) in [4.78, 5) is 11.8. The lowest BCUT2D eigenvalue weighted by Crippen LogP contribution is -2.20. The predicted octanol–water partition coefficient (Wildman–Crippen LogP) is 2.39. The first kappa shape index (κ1) is 14.5. The maximum Gasteiger partial charge on any atom is 0.274 e. The molecule has 2 aromatic carbocycles. The molecule has 0 radical (unpaired) electrons. The second-order valence-corrected chi connectivity index (χ2v) is 4.32. The van der Waals surface area contributed by atoms with Crippen LogP contribution >= 0.6 is 0 Å². The molecule has 0 aliphatic rings. The summed E-state index contributed by atoms with van der Waals surface area (Å²) in [7, 11) is 0. The van der Waals surface area contributed by atoms with Crippen LogP contribution in [0.1, 0.15) is 22.8 Å². The summed E-state index contributed by atoms with van der Waals surface area (Å²) in [6.45, 7) is 1.56. The van der Waals surface area contributed by atoms with E-state index in [9.17, 15) is 19.4 Å². The molecule has 108 valence electrons. The molecule has 0 saturated heterocycles. The van der Waals surface area contributed by atoms with Crippen LogP contribution in [0, 0.1) is 5.82 Å². The number of aromatic hydroxyl groups is 2. The zero-order chi connectivity index (χ0) is 15.4. The van der Waals surface area contributed by atoms with Crippen LogP contribution in [0.25, 0.3) is 0 Å². The Morgan fingerprint density at radius 3 is 2.52 bits per heavy atom. The van der Waals surface area contributed by atoms with Gasteiger partial charge in [-0.25, -0.2) is 9.82 Å². The first-order valence-electron chi connectivity index (χ1n) is 6.10. The highest BCUT2D eigenvalue weighted by atomic mass is 19.1. The number of hydrogen-bond donors (Lipinski definition) is 3. The van der Waals surface area contributed by atoms with Crippen LogP contribution in [0.2, 0.25) is 0 Å². The van der Waals surface area contributed by atoms with Crippen LogP contribution < -0.4 is 5.43 Å². The zero-order valence-corrected chi connectivity index (χ0v) is 11.2. The molecule has 0 spiro atoms. The van der Waals surface area contributed by atoms with Crippen molar-refractivity contribution in [1.82, 2.24) is 5.43 Å². The first-order valence-corrected chi connectivity index (χ1v) is 6.10. The molecular weight excluding hydrogens is 275 g/mol. The summed E-state index contributed by atoms with van der Waals surface area (Å²) in [6.07, 6.45) is 0. The Morgan fingerprint density at radius 2 is 1.86 bits per heavy atom. The SMILES string of the molecule is C/C(=N\NC(=O)c1ccccc1F)c1ccc(O)cc1O. The van der Waals surface area contributed by atoms with E-state index in [-0.39, 0.29) is 17.1 Å². The summed E-state index contributed by atoms with van der Waals surface area (Å²) in [6, 6.07) is 9.54. The molecule has 2 aromatic rings. The molecule has 0 saturated carbocycles. The van der Waals surface area contributed by atoms with Crippen LogP contribution in [-0.2, 0) is 0 Å². The summed E-state index contributed by atoms with van der Waals surface area (Å²) in [5, 5.41) is 22.7. The lowest BCUT2D eigenvalue weighted by Gasteiger charge is -2.06. The number of carbonyl (C=O) groups excluding carboxylic acids is 1. The van der Waals surface area contributed by atoms with E-state index in [4.69, 9.17) is 0 Å². The molecular formula is C15H13FN2O3. The monoisotopic (exact) mass is 288 g/mol. The van der Waals surface area contributed by atoms with Crippen molar-refractivity contribution >= 4 is 11.6 Å². The van der Waals surface area contributed by atoms with Crippen molar-refractivity contribution in [2.45, 2.75) is 6.92 Å². The minimum Gasteiger partial charge on any atom is -0.508 e. The molecule has 5 nitrogen and oxygen atoms in total. The van der Waals surface area contributed by atoms with Gasteiger partial charge in [-0.3, -0.25) is 4.79 Å². The molecule has 6 heteroatoms. The van der Waals surface area contributed by atoms with E-state index in [1.807, 2.05) is 0 Å². The normalized spacial score (nSPS) is 11.2. The summed E-state index contributed by atoms with van der Waals surface area (Å²) in [5.41, 5.74) is 2.76. The fourth-order valence-corrected chi connectivity index (χ4v) is 1.73. The number of halogens is 1. The maximum atomic E-state index is 13.4. The van der Waals surface area contributed by atoms with Crippen molar-refractivity contribution in [2.75, 3.05) is 0 Å². The third-order valence-electron chi connectivity index (χ3n) is 2.81. The van der Waals surface area contributed by atoms with Crippen molar-refractivity contribution < 1.29 is 19.4 Å². The van der Waals surface area contributed by atoms with Gasteiger partial charge in [0.1, 0.15) is 17.3 Å². The predicted molar refractivity (Wildman–Crippen MR) is 75.8 cm³/mol. The number of hydrogen-bond acceptors (Lipinski definition) is 4. The van der Waals surface area contributed by atoms with E-state index in [1.54, 1.807) is 13.0 Å². The maximum absolute atomic E-state index is 13.4. The molecule has 2 rings (SSSR count). The van der Waals surface area contributed by atoms with Gasteiger partial charge in [-0.15, -0.1) is 0 Å². The highest BCUT2D eigenvalue weighted by Crippen LogP contribution is 2.22. The largest absolute Gasteiger partial charge is 0.508 e. The Hall–Kier alpha value is -2.89. The van der Waals surface area contributed by atoms with Crippen molar-refractivity contribution in [3.8, 4) is 11.5 Å². The Bertz CT molecular complexity index is 714. The van der Waals surface area contributed by atoms with Gasteiger partial charge in [-0.2, -0.15) is 5.10 Å². The Balaban J connectivity index is 2.17. The van der Waals surface area contributed by atoms with Crippen molar-refractivity contribution in [2.24, 2.45) is 5.10 Å². The lowest BCUT2D eigenvalue weighted by atomic mass is 10.1. The fourth-order valence-electron chi connectivity index (χ4n) is 1.73. The van der Waals surface area contributed by atoms with Gasteiger partial charge in [-0.05, 0) is 31.2 Å². The van der Waals surface area contributed by atoms with Crippen LogP contribution in [-0.4, -0.2) is 21.8 Å². The van der Waals surface area contributed by atoms with Gasteiger partial charge >= 0.3 is 0 Å². The molecule has 3 N–H and O–H groups in total. The van der Waals surface area contributed by atoms with Crippen molar-refractivity contribution in [1.29, 1.82) is 0 Å². The first-order chi connectivity index (χ1) is 9.99. The standard InChI is InChI=1S/C15H13FN2O3/c1-9(11-7-6-10(19)8-14(11)20)17-18-15(21)12-4-2-3-5-13(12)16/h2-8,19-20H,1H3,(H,18,21)/b17-9+. The van der Waals surface area contributed by atoms with Crippen LogP contribution in [0.4, 0.5) is 4.39 Å². The Morgan fingerprint density at radius 1 is 1.14 bits per heavy atom. The molecule has 21 heavy (non-hydrogen) atoms. The highest BCUT2D eigenvalue weighted by Gasteiger charge is 2.11. The van der Waals surface area contributed by atoms with E-state index in [0.717, 1.165) is 6.07 Å². The molecule has 0 unspecified atom stereocenters. The number of hydrazone groups is 1. The quantitative estimate of drug-likeness (QED) is 0.599. The van der Waals surface area contributed by atoms with Gasteiger partial charge < -0.3 is 10.2 Å². The molecule has 0 bridgehead atoms. The number of rotatable bonds is 3. The Kier molecular flexibility index (Phi) is 4.18. The zero-order valence-electron chi connectivity index (χ0n) is 11.2. The third kappa shape index (κ3) is 3.36. The molecule has 0 aliphatic heterocycles. The van der Waals surface area contributed by atoms with Crippen molar-refractivity contribution in [3.05, 3.63) is 59.4 Å². The number of benzene rings is 2. The number of phenols is 2.